The number of carbonyl (C=O) groups excluding carboxylic acids is 4. The summed E-state index contributed by atoms with van der Waals surface area (Å²) in [5, 5.41) is 2.65. The van der Waals surface area contributed by atoms with Crippen molar-refractivity contribution in [1.82, 2.24) is 25.1 Å². The van der Waals surface area contributed by atoms with Gasteiger partial charge in [-0.2, -0.15) is 13.2 Å². The molecule has 9 nitrogen and oxygen atoms in total. The minimum Gasteiger partial charge on any atom is -0.358 e. The number of H-pyrrole nitrogens is 1. The molecule has 42 heavy (non-hydrogen) atoms. The summed E-state index contributed by atoms with van der Waals surface area (Å²) in [6.07, 6.45) is -1.80. The lowest BCUT2D eigenvalue weighted by Gasteiger charge is -2.39. The quantitative estimate of drug-likeness (QED) is 0.265. The highest BCUT2D eigenvalue weighted by Gasteiger charge is 2.35. The Kier molecular flexibility index (Phi) is 7.79. The van der Waals surface area contributed by atoms with Gasteiger partial charge >= 0.3 is 6.18 Å². The topological polar surface area (TPSA) is 115 Å². The highest BCUT2D eigenvalue weighted by molar-refractivity contribution is 6.44. The van der Waals surface area contributed by atoms with E-state index in [1.54, 1.807) is 36.1 Å². The Morgan fingerprint density at radius 1 is 0.976 bits per heavy atom. The molecule has 1 aliphatic heterocycles. The number of piperazine rings is 1. The molecule has 1 aliphatic rings. The molecule has 0 aliphatic carbocycles. The number of rotatable bonds is 6. The molecule has 1 atom stereocenters. The molecule has 2 aromatic heterocycles. The van der Waals surface area contributed by atoms with Crippen molar-refractivity contribution in [3.05, 3.63) is 101 Å². The second-order valence-corrected chi connectivity index (χ2v) is 9.96. The van der Waals surface area contributed by atoms with E-state index in [0.717, 1.165) is 12.1 Å². The summed E-state index contributed by atoms with van der Waals surface area (Å²) in [5.74, 6) is -2.23. The first kappa shape index (κ1) is 28.5. The average molecular weight is 578 g/mol. The van der Waals surface area contributed by atoms with Crippen molar-refractivity contribution in [2.45, 2.75) is 25.7 Å². The maximum atomic E-state index is 13.3. The number of hydrogen-bond donors (Lipinski definition) is 2. The Balaban J connectivity index is 1.26. The van der Waals surface area contributed by atoms with Gasteiger partial charge in [-0.1, -0.05) is 30.3 Å². The monoisotopic (exact) mass is 577 g/mol. The molecule has 12 heteroatoms. The van der Waals surface area contributed by atoms with Crippen LogP contribution in [0.1, 0.15) is 49.1 Å². The van der Waals surface area contributed by atoms with Gasteiger partial charge in [0, 0.05) is 50.2 Å². The van der Waals surface area contributed by atoms with E-state index in [9.17, 15) is 32.3 Å². The predicted molar refractivity (Wildman–Crippen MR) is 147 cm³/mol. The Labute approximate surface area is 238 Å². The van der Waals surface area contributed by atoms with Crippen molar-refractivity contribution in [3.8, 4) is 0 Å². The van der Waals surface area contributed by atoms with Crippen LogP contribution in [0.3, 0.4) is 0 Å². The van der Waals surface area contributed by atoms with Gasteiger partial charge in [0.15, 0.2) is 0 Å². The van der Waals surface area contributed by atoms with Crippen LogP contribution >= 0.6 is 0 Å². The number of ketones is 1. The molecular formula is C30H26F3N5O4. The van der Waals surface area contributed by atoms with E-state index >= 15 is 0 Å². The smallest absolute Gasteiger partial charge is 0.358 e. The maximum Gasteiger partial charge on any atom is 0.416 e. The number of carbonyl (C=O) groups is 4. The molecule has 1 fully saturated rings. The Hall–Kier alpha value is -5.00. The SMILES string of the molecule is CC1CN(C(=O)c2ccccc2)CCN1C(=O)C(=O)c1c[nH]c2c(C(=O)NCc3ccc(C(F)(F)F)cc3)ccnc12. The minimum absolute atomic E-state index is 0.00220. The molecule has 3 amide bonds. The zero-order valence-electron chi connectivity index (χ0n) is 22.4. The molecule has 216 valence electrons. The van der Waals surface area contributed by atoms with E-state index in [1.807, 2.05) is 6.07 Å². The number of fused-ring (bicyclic) bond motifs is 1. The fraction of sp³-hybridized carbons (Fsp3) is 0.233. The van der Waals surface area contributed by atoms with E-state index in [2.05, 4.69) is 15.3 Å². The first-order valence-electron chi connectivity index (χ1n) is 13.1. The number of benzene rings is 2. The summed E-state index contributed by atoms with van der Waals surface area (Å²) in [5.41, 5.74) is 0.760. The molecule has 3 heterocycles. The molecule has 1 saturated heterocycles. The molecule has 4 aromatic rings. The van der Waals surface area contributed by atoms with Crippen LogP contribution < -0.4 is 5.32 Å². The first-order chi connectivity index (χ1) is 20.0. The number of hydrogen-bond acceptors (Lipinski definition) is 5. The largest absolute Gasteiger partial charge is 0.416 e. The zero-order chi connectivity index (χ0) is 30.0. The molecule has 0 saturated carbocycles. The van der Waals surface area contributed by atoms with Crippen molar-refractivity contribution in [3.63, 3.8) is 0 Å². The first-order valence-corrected chi connectivity index (χ1v) is 13.1. The third-order valence-electron chi connectivity index (χ3n) is 7.18. The van der Waals surface area contributed by atoms with Gasteiger partial charge in [-0.3, -0.25) is 24.2 Å². The summed E-state index contributed by atoms with van der Waals surface area (Å²) in [6, 6.07) is 14.3. The van der Waals surface area contributed by atoms with Gasteiger partial charge in [0.2, 0.25) is 0 Å². The molecular weight excluding hydrogens is 551 g/mol. The Morgan fingerprint density at radius 3 is 2.36 bits per heavy atom. The molecule has 2 N–H and O–H groups in total. The number of alkyl halides is 3. The van der Waals surface area contributed by atoms with Crippen LogP contribution in [0, 0.1) is 0 Å². The van der Waals surface area contributed by atoms with Crippen molar-refractivity contribution >= 4 is 34.5 Å². The predicted octanol–water partition coefficient (Wildman–Crippen LogP) is 4.07. The van der Waals surface area contributed by atoms with E-state index in [4.69, 9.17) is 0 Å². The third kappa shape index (κ3) is 5.73. The normalized spacial score (nSPS) is 15.5. The van der Waals surface area contributed by atoms with Gasteiger partial charge in [0.25, 0.3) is 23.5 Å². The van der Waals surface area contributed by atoms with Crippen molar-refractivity contribution < 1.29 is 32.3 Å². The van der Waals surface area contributed by atoms with Crippen LogP contribution in [0.5, 0.6) is 0 Å². The number of Topliss-reactive ketones (excluding diaryl/α,β-unsaturated/α-hetero) is 1. The van der Waals surface area contributed by atoms with Crippen LogP contribution in [0.25, 0.3) is 11.0 Å². The number of aromatic amines is 1. The lowest BCUT2D eigenvalue weighted by atomic mass is 10.1. The molecule has 0 radical (unpaired) electrons. The van der Waals surface area contributed by atoms with Crippen LogP contribution in [0.15, 0.2) is 73.1 Å². The maximum absolute atomic E-state index is 13.3. The van der Waals surface area contributed by atoms with Crippen LogP contribution in [-0.2, 0) is 17.5 Å². The van der Waals surface area contributed by atoms with Crippen LogP contribution in [-0.4, -0.2) is 68.9 Å². The second-order valence-electron chi connectivity index (χ2n) is 9.96. The van der Waals surface area contributed by atoms with Gasteiger partial charge in [0.1, 0.15) is 5.52 Å². The van der Waals surface area contributed by atoms with Crippen LogP contribution in [0.2, 0.25) is 0 Å². The minimum atomic E-state index is -4.46. The summed E-state index contributed by atoms with van der Waals surface area (Å²) in [7, 11) is 0. The van der Waals surface area contributed by atoms with Crippen molar-refractivity contribution in [2.24, 2.45) is 0 Å². The number of nitrogens with one attached hydrogen (secondary N) is 2. The number of amides is 3. The van der Waals surface area contributed by atoms with Gasteiger partial charge in [-0.05, 0) is 42.8 Å². The number of aromatic nitrogens is 2. The Bertz CT molecular complexity index is 1650. The number of halogens is 3. The fourth-order valence-corrected chi connectivity index (χ4v) is 4.93. The summed E-state index contributed by atoms with van der Waals surface area (Å²) < 4.78 is 38.4. The average Bonchev–Trinajstić information content (AvgIpc) is 3.43. The van der Waals surface area contributed by atoms with Gasteiger partial charge in [-0.15, -0.1) is 0 Å². The molecule has 0 bridgehead atoms. The number of pyridine rings is 1. The van der Waals surface area contributed by atoms with E-state index in [0.29, 0.717) is 11.1 Å². The van der Waals surface area contributed by atoms with Crippen molar-refractivity contribution in [2.75, 3.05) is 19.6 Å². The highest BCUT2D eigenvalue weighted by Crippen LogP contribution is 2.29. The van der Waals surface area contributed by atoms with Crippen molar-refractivity contribution in [1.29, 1.82) is 0 Å². The lowest BCUT2D eigenvalue weighted by Crippen LogP contribution is -2.56. The van der Waals surface area contributed by atoms with Crippen LogP contribution in [0.4, 0.5) is 13.2 Å². The fourth-order valence-electron chi connectivity index (χ4n) is 4.93. The van der Waals surface area contributed by atoms with Gasteiger partial charge < -0.3 is 20.1 Å². The van der Waals surface area contributed by atoms with E-state index in [-0.39, 0.29) is 54.2 Å². The Morgan fingerprint density at radius 2 is 1.69 bits per heavy atom. The molecule has 2 aromatic carbocycles. The lowest BCUT2D eigenvalue weighted by molar-refractivity contribution is -0.137. The number of nitrogens with zero attached hydrogens (tertiary/aromatic N) is 3. The summed E-state index contributed by atoms with van der Waals surface area (Å²) in [4.78, 5) is 62.4. The standard InChI is InChI=1S/C30H26F3N5O4/c1-18-17-37(28(41)20-5-3-2-4-6-20)13-14-38(18)29(42)26(39)23-16-35-24-22(11-12-34-25(23)24)27(40)36-15-19-7-9-21(10-8-19)30(31,32)33/h2-12,16,18,35H,13-15,17H2,1H3,(H,36,40). The van der Waals surface area contributed by atoms with E-state index in [1.165, 1.54) is 35.5 Å². The van der Waals surface area contributed by atoms with Gasteiger partial charge in [-0.25, -0.2) is 0 Å². The van der Waals surface area contributed by atoms with E-state index < -0.39 is 35.4 Å². The highest BCUT2D eigenvalue weighted by atomic mass is 19.4. The third-order valence-corrected chi connectivity index (χ3v) is 7.18. The molecule has 5 rings (SSSR count). The molecule has 0 spiro atoms. The summed E-state index contributed by atoms with van der Waals surface area (Å²) >= 11 is 0. The second kappa shape index (κ2) is 11.5. The zero-order valence-corrected chi connectivity index (χ0v) is 22.4. The molecule has 1 unspecified atom stereocenters. The van der Waals surface area contributed by atoms with Gasteiger partial charge in [0.05, 0.1) is 22.2 Å². The summed E-state index contributed by atoms with van der Waals surface area (Å²) in [6.45, 7) is 2.46.